The minimum Gasteiger partial charge on any atom is -0.351 e. The largest absolute Gasteiger partial charge is 0.351 e. The van der Waals surface area contributed by atoms with Gasteiger partial charge < -0.3 is 10.2 Å². The summed E-state index contributed by atoms with van der Waals surface area (Å²) in [6.07, 6.45) is 8.45. The van der Waals surface area contributed by atoms with E-state index in [9.17, 15) is 9.59 Å². The molecule has 0 radical (unpaired) electrons. The molecule has 5 heteroatoms. The van der Waals surface area contributed by atoms with Crippen LogP contribution in [0.5, 0.6) is 0 Å². The van der Waals surface area contributed by atoms with Crippen molar-refractivity contribution in [1.82, 2.24) is 10.2 Å². The first-order chi connectivity index (χ1) is 12.0. The summed E-state index contributed by atoms with van der Waals surface area (Å²) < 4.78 is 0. The third kappa shape index (κ3) is 4.02. The lowest BCUT2D eigenvalue weighted by molar-refractivity contribution is -0.140. The zero-order valence-corrected chi connectivity index (χ0v) is 16.0. The molecule has 2 amide bonds. The number of benzene rings is 1. The summed E-state index contributed by atoms with van der Waals surface area (Å²) in [6, 6.07) is 8.74. The van der Waals surface area contributed by atoms with Crippen LogP contribution in [0.1, 0.15) is 51.0 Å². The Hall–Kier alpha value is -1.49. The van der Waals surface area contributed by atoms with Gasteiger partial charge in [0.25, 0.3) is 0 Å². The highest BCUT2D eigenvalue weighted by atomic mass is 32.2. The Kier molecular flexibility index (Phi) is 5.72. The third-order valence-corrected chi connectivity index (χ3v) is 6.43. The minimum atomic E-state index is -0.696. The number of thioether (sulfide) groups is 1. The van der Waals surface area contributed by atoms with Gasteiger partial charge in [-0.25, -0.2) is 0 Å². The molecule has 0 spiro atoms. The van der Waals surface area contributed by atoms with Crippen molar-refractivity contribution >= 4 is 23.6 Å². The Morgan fingerprint density at radius 3 is 2.60 bits per heavy atom. The molecule has 1 saturated carbocycles. The van der Waals surface area contributed by atoms with E-state index in [-0.39, 0.29) is 11.8 Å². The van der Waals surface area contributed by atoms with E-state index >= 15 is 0 Å². The van der Waals surface area contributed by atoms with Crippen LogP contribution < -0.4 is 5.32 Å². The van der Waals surface area contributed by atoms with E-state index in [0.29, 0.717) is 25.4 Å². The van der Waals surface area contributed by atoms with Crippen molar-refractivity contribution in [3.63, 3.8) is 0 Å². The molecule has 0 unspecified atom stereocenters. The maximum absolute atomic E-state index is 12.9. The number of amides is 2. The van der Waals surface area contributed by atoms with Crippen LogP contribution in [-0.2, 0) is 16.0 Å². The predicted octanol–water partition coefficient (Wildman–Crippen LogP) is 3.39. The van der Waals surface area contributed by atoms with E-state index < -0.39 is 5.54 Å². The van der Waals surface area contributed by atoms with Gasteiger partial charge >= 0.3 is 0 Å². The second-order valence-corrected chi connectivity index (χ2v) is 8.25. The van der Waals surface area contributed by atoms with Crippen LogP contribution in [0.4, 0.5) is 0 Å². The van der Waals surface area contributed by atoms with Crippen LogP contribution >= 0.6 is 11.8 Å². The molecule has 1 saturated heterocycles. The smallest absolute Gasteiger partial charge is 0.245 e. The molecule has 1 N–H and O–H groups in total. The van der Waals surface area contributed by atoms with Gasteiger partial charge in [-0.2, -0.15) is 0 Å². The van der Waals surface area contributed by atoms with Gasteiger partial charge in [-0.3, -0.25) is 9.59 Å². The number of hydrogen-bond acceptors (Lipinski definition) is 3. The Labute approximate surface area is 154 Å². The maximum Gasteiger partial charge on any atom is 0.245 e. The lowest BCUT2D eigenvalue weighted by Gasteiger charge is -2.35. The number of nitrogens with zero attached hydrogens (tertiary/aromatic N) is 1. The van der Waals surface area contributed by atoms with Gasteiger partial charge in [0.15, 0.2) is 0 Å². The Morgan fingerprint density at radius 1 is 1.28 bits per heavy atom. The molecule has 1 aromatic rings. The van der Waals surface area contributed by atoms with E-state index in [1.807, 2.05) is 6.92 Å². The standard InChI is InChI=1S/C20H28N2O2S/c1-20(19(24)21-16-5-3-4-6-16)13-11-18(23)22(20)14-12-15-7-9-17(25-2)10-8-15/h7-10,16H,3-6,11-14H2,1-2H3,(H,21,24)/t20-/m1/s1. The van der Waals surface area contributed by atoms with Gasteiger partial charge in [-0.1, -0.05) is 25.0 Å². The van der Waals surface area contributed by atoms with Crippen LogP contribution in [0.2, 0.25) is 0 Å². The molecular weight excluding hydrogens is 332 g/mol. The van der Waals surface area contributed by atoms with E-state index in [1.54, 1.807) is 16.7 Å². The van der Waals surface area contributed by atoms with Crippen molar-refractivity contribution in [2.24, 2.45) is 0 Å². The summed E-state index contributed by atoms with van der Waals surface area (Å²) >= 11 is 1.72. The normalized spacial score (nSPS) is 24.1. The maximum atomic E-state index is 12.9. The van der Waals surface area contributed by atoms with Crippen LogP contribution in [-0.4, -0.2) is 41.1 Å². The van der Waals surface area contributed by atoms with Crippen LogP contribution in [0.15, 0.2) is 29.2 Å². The highest BCUT2D eigenvalue weighted by molar-refractivity contribution is 7.98. The first kappa shape index (κ1) is 18.3. The highest BCUT2D eigenvalue weighted by Gasteiger charge is 2.47. The third-order valence-electron chi connectivity index (χ3n) is 5.69. The summed E-state index contributed by atoms with van der Waals surface area (Å²) in [5, 5.41) is 3.19. The first-order valence-corrected chi connectivity index (χ1v) is 10.5. The minimum absolute atomic E-state index is 0.0305. The summed E-state index contributed by atoms with van der Waals surface area (Å²) in [6.45, 7) is 2.53. The monoisotopic (exact) mass is 360 g/mol. The lowest BCUT2D eigenvalue weighted by Crippen LogP contribution is -2.56. The predicted molar refractivity (Wildman–Crippen MR) is 102 cm³/mol. The zero-order valence-electron chi connectivity index (χ0n) is 15.2. The van der Waals surface area contributed by atoms with Crippen molar-refractivity contribution in [3.8, 4) is 0 Å². The molecule has 2 fully saturated rings. The van der Waals surface area contributed by atoms with Gasteiger partial charge in [0.1, 0.15) is 5.54 Å². The quantitative estimate of drug-likeness (QED) is 0.791. The fourth-order valence-corrected chi connectivity index (χ4v) is 4.36. The van der Waals surface area contributed by atoms with Gasteiger partial charge in [-0.05, 0) is 56.6 Å². The lowest BCUT2D eigenvalue weighted by atomic mass is 9.96. The molecule has 1 atom stereocenters. The summed E-state index contributed by atoms with van der Waals surface area (Å²) in [5.41, 5.74) is 0.509. The molecular formula is C20H28N2O2S. The second kappa shape index (κ2) is 7.81. The number of nitrogens with one attached hydrogen (secondary N) is 1. The molecule has 4 nitrogen and oxygen atoms in total. The number of likely N-dealkylation sites (tertiary alicyclic amines) is 1. The van der Waals surface area contributed by atoms with Gasteiger partial charge in [0.2, 0.25) is 11.8 Å². The number of carbonyl (C=O) groups excluding carboxylic acids is 2. The van der Waals surface area contributed by atoms with Crippen molar-refractivity contribution in [2.75, 3.05) is 12.8 Å². The van der Waals surface area contributed by atoms with E-state index in [2.05, 4.69) is 35.8 Å². The van der Waals surface area contributed by atoms with E-state index in [4.69, 9.17) is 0 Å². The average Bonchev–Trinajstić information content (AvgIpc) is 3.23. The van der Waals surface area contributed by atoms with Gasteiger partial charge in [0.05, 0.1) is 0 Å². The number of hydrogen-bond donors (Lipinski definition) is 1. The summed E-state index contributed by atoms with van der Waals surface area (Å²) in [5.74, 6) is 0.132. The molecule has 0 aromatic heterocycles. The molecule has 0 bridgehead atoms. The highest BCUT2D eigenvalue weighted by Crippen LogP contribution is 2.31. The molecule has 1 aliphatic carbocycles. The Bertz CT molecular complexity index is 625. The van der Waals surface area contributed by atoms with Crippen LogP contribution in [0, 0.1) is 0 Å². The summed E-state index contributed by atoms with van der Waals surface area (Å²) in [7, 11) is 0. The second-order valence-electron chi connectivity index (χ2n) is 7.37. The average molecular weight is 361 g/mol. The molecule has 1 aliphatic heterocycles. The topological polar surface area (TPSA) is 49.4 Å². The fourth-order valence-electron chi connectivity index (χ4n) is 3.95. The Morgan fingerprint density at radius 2 is 1.96 bits per heavy atom. The van der Waals surface area contributed by atoms with Crippen LogP contribution in [0.25, 0.3) is 0 Å². The van der Waals surface area contributed by atoms with Gasteiger partial charge in [-0.15, -0.1) is 11.8 Å². The van der Waals surface area contributed by atoms with Gasteiger partial charge in [0, 0.05) is 23.9 Å². The van der Waals surface area contributed by atoms with E-state index in [1.165, 1.54) is 23.3 Å². The van der Waals surface area contributed by atoms with Crippen molar-refractivity contribution < 1.29 is 9.59 Å². The number of carbonyl (C=O) groups is 2. The molecule has 1 heterocycles. The molecule has 136 valence electrons. The van der Waals surface area contributed by atoms with Crippen molar-refractivity contribution in [1.29, 1.82) is 0 Å². The van der Waals surface area contributed by atoms with Crippen molar-refractivity contribution in [3.05, 3.63) is 29.8 Å². The SMILES string of the molecule is CSc1ccc(CCN2C(=O)CC[C@]2(C)C(=O)NC2CCCC2)cc1. The Balaban J connectivity index is 1.64. The molecule has 1 aromatic carbocycles. The number of rotatable bonds is 6. The molecule has 2 aliphatic rings. The van der Waals surface area contributed by atoms with Crippen molar-refractivity contribution in [2.45, 2.75) is 68.3 Å². The van der Waals surface area contributed by atoms with E-state index in [0.717, 1.165) is 19.3 Å². The zero-order chi connectivity index (χ0) is 17.9. The molecule has 3 rings (SSSR count). The van der Waals surface area contributed by atoms with Crippen LogP contribution in [0.3, 0.4) is 0 Å². The first-order valence-electron chi connectivity index (χ1n) is 9.27. The molecule has 25 heavy (non-hydrogen) atoms. The fraction of sp³-hybridized carbons (Fsp3) is 0.600. The summed E-state index contributed by atoms with van der Waals surface area (Å²) in [4.78, 5) is 28.3.